The summed E-state index contributed by atoms with van der Waals surface area (Å²) in [5.41, 5.74) is 0.509. The number of halogens is 1. The number of likely N-dealkylation sites (tertiary alicyclic amines) is 2. The first kappa shape index (κ1) is 18.3. The zero-order valence-electron chi connectivity index (χ0n) is 14.3. The number of hydrogen-bond acceptors (Lipinski definition) is 2. The van der Waals surface area contributed by atoms with E-state index in [1.165, 1.54) is 64.8 Å². The van der Waals surface area contributed by atoms with Crippen molar-refractivity contribution in [2.24, 2.45) is 16.3 Å². The summed E-state index contributed by atoms with van der Waals surface area (Å²) < 4.78 is 0. The van der Waals surface area contributed by atoms with Crippen LogP contribution >= 0.6 is 24.0 Å². The van der Waals surface area contributed by atoms with Gasteiger partial charge in [-0.2, -0.15) is 0 Å². The van der Waals surface area contributed by atoms with Crippen LogP contribution in [0.5, 0.6) is 0 Å². The topological polar surface area (TPSA) is 30.9 Å². The number of guanidine groups is 1. The SMILES string of the molecule is CCNC(=NCC1(C)CC1)N1CCC(CN2CCCC2)C1.I. The Morgan fingerprint density at radius 2 is 1.95 bits per heavy atom. The van der Waals surface area contributed by atoms with Crippen LogP contribution in [0.1, 0.15) is 46.0 Å². The highest BCUT2D eigenvalue weighted by atomic mass is 127. The van der Waals surface area contributed by atoms with E-state index in [0.29, 0.717) is 5.41 Å². The highest BCUT2D eigenvalue weighted by Gasteiger charge is 2.37. The van der Waals surface area contributed by atoms with E-state index in [2.05, 4.69) is 29.0 Å². The van der Waals surface area contributed by atoms with Crippen LogP contribution in [0.2, 0.25) is 0 Å². The molecule has 1 N–H and O–H groups in total. The van der Waals surface area contributed by atoms with E-state index < -0.39 is 0 Å². The molecule has 2 saturated heterocycles. The van der Waals surface area contributed by atoms with E-state index >= 15 is 0 Å². The number of nitrogens with zero attached hydrogens (tertiary/aromatic N) is 3. The fraction of sp³-hybridized carbons (Fsp3) is 0.941. The molecule has 0 amide bonds. The summed E-state index contributed by atoms with van der Waals surface area (Å²) in [6, 6.07) is 0. The molecule has 1 atom stereocenters. The van der Waals surface area contributed by atoms with Crippen molar-refractivity contribution in [3.05, 3.63) is 0 Å². The van der Waals surface area contributed by atoms with Crippen LogP contribution in [0, 0.1) is 11.3 Å². The minimum atomic E-state index is 0. The van der Waals surface area contributed by atoms with Crippen molar-refractivity contribution in [1.29, 1.82) is 0 Å². The van der Waals surface area contributed by atoms with E-state index in [1.54, 1.807) is 0 Å². The third kappa shape index (κ3) is 4.98. The zero-order valence-corrected chi connectivity index (χ0v) is 16.6. The summed E-state index contributed by atoms with van der Waals surface area (Å²) in [5.74, 6) is 2.00. The number of rotatable bonds is 5. The number of hydrogen-bond donors (Lipinski definition) is 1. The Bertz CT molecular complexity index is 375. The van der Waals surface area contributed by atoms with Gasteiger partial charge < -0.3 is 15.1 Å². The lowest BCUT2D eigenvalue weighted by molar-refractivity contribution is 0.281. The summed E-state index contributed by atoms with van der Waals surface area (Å²) in [6.45, 7) is 12.8. The Morgan fingerprint density at radius 1 is 1.23 bits per heavy atom. The van der Waals surface area contributed by atoms with Crippen molar-refractivity contribution >= 4 is 29.9 Å². The summed E-state index contributed by atoms with van der Waals surface area (Å²) in [5, 5.41) is 3.50. The van der Waals surface area contributed by atoms with Gasteiger partial charge >= 0.3 is 0 Å². The molecule has 1 unspecified atom stereocenters. The van der Waals surface area contributed by atoms with Gasteiger partial charge in [0.1, 0.15) is 0 Å². The van der Waals surface area contributed by atoms with Gasteiger partial charge in [0, 0.05) is 32.7 Å². The molecule has 0 radical (unpaired) electrons. The van der Waals surface area contributed by atoms with Gasteiger partial charge in [0.2, 0.25) is 0 Å². The van der Waals surface area contributed by atoms with Crippen molar-refractivity contribution in [2.75, 3.05) is 45.8 Å². The van der Waals surface area contributed by atoms with Gasteiger partial charge in [-0.25, -0.2) is 0 Å². The van der Waals surface area contributed by atoms with Crippen molar-refractivity contribution in [2.45, 2.75) is 46.0 Å². The molecule has 5 heteroatoms. The van der Waals surface area contributed by atoms with Crippen LogP contribution in [-0.2, 0) is 0 Å². The second-order valence-electron chi connectivity index (χ2n) is 7.59. The van der Waals surface area contributed by atoms with E-state index in [1.807, 2.05) is 0 Å². The third-order valence-corrected chi connectivity index (χ3v) is 5.35. The maximum absolute atomic E-state index is 4.91. The van der Waals surface area contributed by atoms with E-state index in [-0.39, 0.29) is 24.0 Å². The van der Waals surface area contributed by atoms with Crippen LogP contribution in [0.3, 0.4) is 0 Å². The molecule has 3 rings (SSSR count). The molecule has 0 bridgehead atoms. The van der Waals surface area contributed by atoms with Crippen LogP contribution in [0.25, 0.3) is 0 Å². The number of nitrogens with one attached hydrogen (secondary N) is 1. The van der Waals surface area contributed by atoms with Crippen molar-refractivity contribution in [3.63, 3.8) is 0 Å². The maximum atomic E-state index is 4.91. The first-order valence-corrected chi connectivity index (χ1v) is 8.94. The molecule has 2 aliphatic heterocycles. The molecule has 0 spiro atoms. The predicted octanol–water partition coefficient (Wildman–Crippen LogP) is 2.79. The maximum Gasteiger partial charge on any atom is 0.193 e. The Balaban J connectivity index is 0.00000176. The zero-order chi connectivity index (χ0) is 14.7. The number of aliphatic imine (C=N–C) groups is 1. The summed E-state index contributed by atoms with van der Waals surface area (Å²) >= 11 is 0. The molecule has 3 fully saturated rings. The summed E-state index contributed by atoms with van der Waals surface area (Å²) in [6.07, 6.45) is 6.84. The molecule has 1 saturated carbocycles. The molecular formula is C17H33IN4. The summed E-state index contributed by atoms with van der Waals surface area (Å²) in [7, 11) is 0. The van der Waals surface area contributed by atoms with Crippen LogP contribution in [-0.4, -0.2) is 61.6 Å². The highest BCUT2D eigenvalue weighted by Crippen LogP contribution is 2.45. The smallest absolute Gasteiger partial charge is 0.193 e. The normalized spacial score (nSPS) is 27.8. The average Bonchev–Trinajstić information content (AvgIpc) is 2.90. The lowest BCUT2D eigenvalue weighted by Gasteiger charge is -2.23. The first-order valence-electron chi connectivity index (χ1n) is 8.94. The monoisotopic (exact) mass is 420 g/mol. The Hall–Kier alpha value is -0.0400. The van der Waals surface area contributed by atoms with Crippen LogP contribution in [0.15, 0.2) is 4.99 Å². The summed E-state index contributed by atoms with van der Waals surface area (Å²) in [4.78, 5) is 10.1. The minimum absolute atomic E-state index is 0. The molecule has 2 heterocycles. The van der Waals surface area contributed by atoms with Gasteiger partial charge in [0.05, 0.1) is 0 Å². The standard InChI is InChI=1S/C17H32N4.HI/c1-3-18-16(19-14-17(2)7-8-17)21-11-6-15(13-21)12-20-9-4-5-10-20;/h15H,3-14H2,1-2H3,(H,18,19);1H. The van der Waals surface area contributed by atoms with Gasteiger partial charge in [-0.15, -0.1) is 24.0 Å². The molecule has 4 nitrogen and oxygen atoms in total. The molecule has 128 valence electrons. The largest absolute Gasteiger partial charge is 0.357 e. The lowest BCUT2D eigenvalue weighted by Crippen LogP contribution is -2.41. The van der Waals surface area contributed by atoms with Crippen molar-refractivity contribution < 1.29 is 0 Å². The molecule has 0 aromatic heterocycles. The van der Waals surface area contributed by atoms with Crippen molar-refractivity contribution in [1.82, 2.24) is 15.1 Å². The highest BCUT2D eigenvalue weighted by molar-refractivity contribution is 14.0. The fourth-order valence-electron chi connectivity index (χ4n) is 3.57. The Kier molecular flexibility index (Phi) is 6.80. The van der Waals surface area contributed by atoms with Crippen molar-refractivity contribution in [3.8, 4) is 0 Å². The van der Waals surface area contributed by atoms with Crippen LogP contribution < -0.4 is 5.32 Å². The molecule has 22 heavy (non-hydrogen) atoms. The van der Waals surface area contributed by atoms with Crippen LogP contribution in [0.4, 0.5) is 0 Å². The predicted molar refractivity (Wildman–Crippen MR) is 104 cm³/mol. The van der Waals surface area contributed by atoms with E-state index in [0.717, 1.165) is 25.0 Å². The van der Waals surface area contributed by atoms with Gasteiger partial charge in [0.15, 0.2) is 5.96 Å². The third-order valence-electron chi connectivity index (χ3n) is 5.35. The lowest BCUT2D eigenvalue weighted by atomic mass is 10.1. The minimum Gasteiger partial charge on any atom is -0.357 e. The van der Waals surface area contributed by atoms with Gasteiger partial charge in [-0.1, -0.05) is 6.92 Å². The quantitative estimate of drug-likeness (QED) is 0.422. The average molecular weight is 420 g/mol. The van der Waals surface area contributed by atoms with Gasteiger partial charge in [0.25, 0.3) is 0 Å². The van der Waals surface area contributed by atoms with Gasteiger partial charge in [-0.05, 0) is 63.5 Å². The molecule has 1 aliphatic carbocycles. The van der Waals surface area contributed by atoms with E-state index in [4.69, 9.17) is 4.99 Å². The molecule has 0 aromatic carbocycles. The molecular weight excluding hydrogens is 387 g/mol. The second-order valence-corrected chi connectivity index (χ2v) is 7.59. The molecule has 0 aromatic rings. The molecule has 3 aliphatic rings. The Morgan fingerprint density at radius 3 is 2.59 bits per heavy atom. The van der Waals surface area contributed by atoms with Gasteiger partial charge in [-0.3, -0.25) is 4.99 Å². The van der Waals surface area contributed by atoms with E-state index in [9.17, 15) is 0 Å². The first-order chi connectivity index (χ1) is 10.2. The fourth-order valence-corrected chi connectivity index (χ4v) is 3.57. The second kappa shape index (κ2) is 8.18. The Labute approximate surface area is 153 Å².